The molecule has 1 heterocycles. The maximum atomic E-state index is 11.8. The topological polar surface area (TPSA) is 184 Å². The number of nitrogens with zero attached hydrogens (tertiary/aromatic N) is 3. The summed E-state index contributed by atoms with van der Waals surface area (Å²) in [6.07, 6.45) is 4.73. The first-order chi connectivity index (χ1) is 17.5. The Morgan fingerprint density at radius 2 is 1.57 bits per heavy atom. The average molecular weight is 514 g/mol. The Hall–Kier alpha value is -4.94. The molecule has 196 valence electrons. The zero-order chi connectivity index (χ0) is 27.7. The minimum absolute atomic E-state index is 0.0375. The Kier molecular flexibility index (Phi) is 9.69. The average Bonchev–Trinajstić information content (AvgIpc) is 3.29. The van der Waals surface area contributed by atoms with Gasteiger partial charge in [0.2, 0.25) is 0 Å². The highest BCUT2D eigenvalue weighted by molar-refractivity contribution is 6.00. The van der Waals surface area contributed by atoms with Crippen molar-refractivity contribution in [2.75, 3.05) is 33.0 Å². The summed E-state index contributed by atoms with van der Waals surface area (Å²) in [5.74, 6) is -1.28. The molecule has 0 amide bonds. The van der Waals surface area contributed by atoms with Crippen LogP contribution in [0.2, 0.25) is 0 Å². The lowest BCUT2D eigenvalue weighted by Gasteiger charge is -2.07. The second-order valence-electron chi connectivity index (χ2n) is 7.67. The van der Waals surface area contributed by atoms with Crippen LogP contribution in [0.1, 0.15) is 40.1 Å². The number of rotatable bonds is 8. The molecular formula is C24H27N5O8. The predicted octanol–water partition coefficient (Wildman–Crippen LogP) is 4.14. The van der Waals surface area contributed by atoms with E-state index in [0.717, 1.165) is 23.0 Å². The minimum atomic E-state index is -0.899. The molecule has 0 bridgehead atoms. The number of nitrogens with two attached hydrogens (primary N) is 1. The first-order valence-corrected chi connectivity index (χ1v) is 11.0. The van der Waals surface area contributed by atoms with E-state index in [2.05, 4.69) is 4.98 Å². The lowest BCUT2D eigenvalue weighted by Crippen LogP contribution is -2.09. The molecular weight excluding hydrogens is 486 g/mol. The fraction of sp³-hybridized carbons (Fsp3) is 0.250. The van der Waals surface area contributed by atoms with E-state index in [1.807, 2.05) is 6.07 Å². The van der Waals surface area contributed by atoms with E-state index in [1.165, 1.54) is 12.3 Å². The van der Waals surface area contributed by atoms with E-state index in [1.54, 1.807) is 51.2 Å². The lowest BCUT2D eigenvalue weighted by molar-refractivity contribution is -0.394. The Balaban J connectivity index is 0.000000278. The summed E-state index contributed by atoms with van der Waals surface area (Å²) in [5, 5.41) is 23.1. The van der Waals surface area contributed by atoms with Crippen molar-refractivity contribution >= 4 is 46.0 Å². The fourth-order valence-electron chi connectivity index (χ4n) is 3.14. The molecule has 13 heteroatoms. The van der Waals surface area contributed by atoms with Gasteiger partial charge in [-0.1, -0.05) is 0 Å². The van der Waals surface area contributed by atoms with Gasteiger partial charge < -0.3 is 25.1 Å². The van der Waals surface area contributed by atoms with Crippen LogP contribution < -0.4 is 5.73 Å². The number of anilines is 1. The number of nitrogen functional groups attached to an aromatic ring is 1. The third-order valence-corrected chi connectivity index (χ3v) is 4.80. The molecule has 0 aliphatic carbocycles. The second-order valence-corrected chi connectivity index (χ2v) is 7.67. The van der Waals surface area contributed by atoms with Crippen LogP contribution in [0, 0.1) is 20.2 Å². The van der Waals surface area contributed by atoms with Crippen molar-refractivity contribution in [1.29, 1.82) is 0 Å². The summed E-state index contributed by atoms with van der Waals surface area (Å²) in [6, 6.07) is 7.22. The smallest absolute Gasteiger partial charge is 0.345 e. The van der Waals surface area contributed by atoms with Crippen molar-refractivity contribution in [2.45, 2.75) is 13.8 Å². The molecule has 0 unspecified atom stereocenters. The van der Waals surface area contributed by atoms with Crippen molar-refractivity contribution in [3.8, 4) is 0 Å². The van der Waals surface area contributed by atoms with E-state index < -0.39 is 27.2 Å². The molecule has 3 aromatic rings. The number of carbonyl (C=O) groups is 2. The number of esters is 2. The highest BCUT2D eigenvalue weighted by Gasteiger charge is 2.28. The zero-order valence-electron chi connectivity index (χ0n) is 20.7. The van der Waals surface area contributed by atoms with E-state index >= 15 is 0 Å². The molecule has 0 aliphatic rings. The molecule has 1 aromatic heterocycles. The highest BCUT2D eigenvalue weighted by Crippen LogP contribution is 2.30. The molecule has 13 nitrogen and oxygen atoms in total. The summed E-state index contributed by atoms with van der Waals surface area (Å²) in [6.45, 7) is 3.71. The number of aromatic amines is 1. The highest BCUT2D eigenvalue weighted by atomic mass is 16.6. The van der Waals surface area contributed by atoms with Crippen molar-refractivity contribution in [3.05, 3.63) is 79.6 Å². The largest absolute Gasteiger partial charge is 0.462 e. The summed E-state index contributed by atoms with van der Waals surface area (Å²) < 4.78 is 9.66. The zero-order valence-corrected chi connectivity index (χ0v) is 20.7. The summed E-state index contributed by atoms with van der Waals surface area (Å²) in [7, 11) is 3.42. The number of benzene rings is 2. The molecule has 0 saturated carbocycles. The summed E-state index contributed by atoms with van der Waals surface area (Å²) in [5.41, 5.74) is 6.16. The second kappa shape index (κ2) is 12.7. The standard InChI is InChI=1S/C13H15N3O6.C11H12N2O2/c1-4-22-13(17)10-7-9(5-6-14(2)3)11(15(18)19)8-12(10)16(20)21;1-2-15-11(14)8-5-7-3-4-13-10(7)6-9(8)12/h5-8H,4H2,1-3H3;3-6,13H,2,12H2,1H3/b6-5+;. The SMILES string of the molecule is CCOC(=O)c1cc(/C=C/N(C)C)c([N+](=O)[O-])cc1[N+](=O)[O-].CCOC(=O)c1cc2cc[nH]c2cc1N. The maximum absolute atomic E-state index is 11.8. The Morgan fingerprint density at radius 1 is 0.973 bits per heavy atom. The van der Waals surface area contributed by atoms with Crippen LogP contribution in [-0.4, -0.2) is 59.0 Å². The third kappa shape index (κ3) is 7.27. The fourth-order valence-corrected chi connectivity index (χ4v) is 3.14. The number of hydrogen-bond acceptors (Lipinski definition) is 10. The molecule has 3 N–H and O–H groups in total. The number of H-pyrrole nitrogens is 1. The van der Waals surface area contributed by atoms with Gasteiger partial charge in [0.05, 0.1) is 40.3 Å². The maximum Gasteiger partial charge on any atom is 0.345 e. The summed E-state index contributed by atoms with van der Waals surface area (Å²) in [4.78, 5) is 48.5. The first-order valence-electron chi connectivity index (χ1n) is 11.0. The lowest BCUT2D eigenvalue weighted by atomic mass is 10.1. The van der Waals surface area contributed by atoms with E-state index in [-0.39, 0.29) is 23.7 Å². The normalized spacial score (nSPS) is 10.5. The molecule has 2 aromatic carbocycles. The van der Waals surface area contributed by atoms with Crippen LogP contribution in [-0.2, 0) is 9.47 Å². The number of aromatic nitrogens is 1. The number of fused-ring (bicyclic) bond motifs is 1. The molecule has 0 atom stereocenters. The van der Waals surface area contributed by atoms with Crippen molar-refractivity contribution in [2.24, 2.45) is 0 Å². The number of carbonyl (C=O) groups excluding carboxylic acids is 2. The molecule has 0 radical (unpaired) electrons. The van der Waals surface area contributed by atoms with Crippen molar-refractivity contribution in [1.82, 2.24) is 9.88 Å². The molecule has 0 aliphatic heterocycles. The van der Waals surface area contributed by atoms with Crippen LogP contribution in [0.3, 0.4) is 0 Å². The quantitative estimate of drug-likeness (QED) is 0.192. The molecule has 3 rings (SSSR count). The molecule has 0 saturated heterocycles. The van der Waals surface area contributed by atoms with E-state index in [0.29, 0.717) is 17.9 Å². The summed E-state index contributed by atoms with van der Waals surface area (Å²) >= 11 is 0. The monoisotopic (exact) mass is 513 g/mol. The van der Waals surface area contributed by atoms with Crippen molar-refractivity contribution in [3.63, 3.8) is 0 Å². The number of hydrogen-bond donors (Lipinski definition) is 2. The van der Waals surface area contributed by atoms with Gasteiger partial charge in [-0.05, 0) is 50.4 Å². The van der Waals surface area contributed by atoms with Crippen LogP contribution >= 0.6 is 0 Å². The minimum Gasteiger partial charge on any atom is -0.462 e. The van der Waals surface area contributed by atoms with Crippen LogP contribution in [0.5, 0.6) is 0 Å². The Morgan fingerprint density at radius 3 is 2.11 bits per heavy atom. The van der Waals surface area contributed by atoms with Gasteiger partial charge in [0.15, 0.2) is 0 Å². The Labute approximate surface area is 211 Å². The van der Waals surface area contributed by atoms with Gasteiger partial charge in [0.25, 0.3) is 11.4 Å². The number of nitro benzene ring substituents is 2. The van der Waals surface area contributed by atoms with Gasteiger partial charge in [0, 0.05) is 36.9 Å². The van der Waals surface area contributed by atoms with Gasteiger partial charge in [-0.3, -0.25) is 20.2 Å². The molecule has 0 fully saturated rings. The van der Waals surface area contributed by atoms with E-state index in [4.69, 9.17) is 15.2 Å². The van der Waals surface area contributed by atoms with Gasteiger partial charge in [-0.25, -0.2) is 9.59 Å². The van der Waals surface area contributed by atoms with Gasteiger partial charge in [-0.2, -0.15) is 0 Å². The van der Waals surface area contributed by atoms with Gasteiger partial charge in [0.1, 0.15) is 5.56 Å². The Bertz CT molecular complexity index is 1350. The third-order valence-electron chi connectivity index (χ3n) is 4.80. The number of nitro groups is 2. The first kappa shape index (κ1) is 28.3. The van der Waals surface area contributed by atoms with Crippen LogP contribution in [0.25, 0.3) is 17.0 Å². The van der Waals surface area contributed by atoms with Crippen LogP contribution in [0.15, 0.2) is 42.7 Å². The van der Waals surface area contributed by atoms with Crippen LogP contribution in [0.4, 0.5) is 17.1 Å². The molecule has 37 heavy (non-hydrogen) atoms. The molecule has 0 spiro atoms. The number of ether oxygens (including phenoxy) is 2. The van der Waals surface area contributed by atoms with Crippen molar-refractivity contribution < 1.29 is 28.9 Å². The predicted molar refractivity (Wildman–Crippen MR) is 137 cm³/mol. The van der Waals surface area contributed by atoms with E-state index in [9.17, 15) is 29.8 Å². The number of nitrogens with one attached hydrogen (secondary N) is 1. The van der Waals surface area contributed by atoms with Gasteiger partial charge >= 0.3 is 11.9 Å². The van der Waals surface area contributed by atoms with Gasteiger partial charge in [-0.15, -0.1) is 0 Å².